The van der Waals surface area contributed by atoms with Crippen molar-refractivity contribution in [3.05, 3.63) is 94.5 Å². The van der Waals surface area contributed by atoms with Crippen molar-refractivity contribution in [3.63, 3.8) is 0 Å². The van der Waals surface area contributed by atoms with E-state index in [1.54, 1.807) is 13.0 Å². The number of anilines is 2. The summed E-state index contributed by atoms with van der Waals surface area (Å²) in [5.41, 5.74) is 2.29. The number of nitro groups is 1. The van der Waals surface area contributed by atoms with Gasteiger partial charge in [0.2, 0.25) is 11.8 Å². The van der Waals surface area contributed by atoms with Gasteiger partial charge in [0.1, 0.15) is 5.25 Å². The monoisotopic (exact) mass is 460 g/mol. The van der Waals surface area contributed by atoms with Crippen LogP contribution >= 0.6 is 11.8 Å². The van der Waals surface area contributed by atoms with E-state index in [0.717, 1.165) is 0 Å². The number of nitrogens with zero attached hydrogens (tertiary/aromatic N) is 3. The molecule has 3 aromatic rings. The summed E-state index contributed by atoms with van der Waals surface area (Å²) in [6.07, 6.45) is -0.0945. The SMILES string of the molecule is Cc1ccc([N+](=O)[O-])cc1NC(=O)C[C@H]1SC(=Nc2ccccc2)N(c2ccccc2)C1=O. The molecule has 8 nitrogen and oxygen atoms in total. The van der Waals surface area contributed by atoms with E-state index in [1.165, 1.54) is 28.8 Å². The van der Waals surface area contributed by atoms with Gasteiger partial charge in [0.15, 0.2) is 5.17 Å². The van der Waals surface area contributed by atoms with Crippen LogP contribution in [0.3, 0.4) is 0 Å². The summed E-state index contributed by atoms with van der Waals surface area (Å²) in [4.78, 5) is 42.7. The topological polar surface area (TPSA) is 105 Å². The number of rotatable bonds is 6. The number of carbonyl (C=O) groups excluding carboxylic acids is 2. The molecule has 0 aromatic heterocycles. The molecule has 0 radical (unpaired) electrons. The number of thioether (sulfide) groups is 1. The number of amidine groups is 1. The normalized spacial score (nSPS) is 16.8. The highest BCUT2D eigenvalue weighted by Crippen LogP contribution is 2.35. The Labute approximate surface area is 194 Å². The predicted molar refractivity (Wildman–Crippen MR) is 130 cm³/mol. The molecule has 1 heterocycles. The molecule has 9 heteroatoms. The lowest BCUT2D eigenvalue weighted by Crippen LogP contribution is -2.33. The van der Waals surface area contributed by atoms with Crippen LogP contribution in [0.15, 0.2) is 83.9 Å². The second kappa shape index (κ2) is 9.66. The molecule has 0 aliphatic carbocycles. The van der Waals surface area contributed by atoms with Gasteiger partial charge in [-0.05, 0) is 36.8 Å². The maximum absolute atomic E-state index is 13.3. The Morgan fingerprint density at radius 3 is 2.42 bits per heavy atom. The molecule has 1 saturated heterocycles. The molecule has 0 saturated carbocycles. The first kappa shape index (κ1) is 22.2. The summed E-state index contributed by atoms with van der Waals surface area (Å²) in [6, 6.07) is 22.7. The van der Waals surface area contributed by atoms with Gasteiger partial charge in [0.25, 0.3) is 5.69 Å². The number of aliphatic imine (C=N–C) groups is 1. The van der Waals surface area contributed by atoms with E-state index >= 15 is 0 Å². The fourth-order valence-electron chi connectivity index (χ4n) is 3.33. The van der Waals surface area contributed by atoms with Gasteiger partial charge in [0.05, 0.1) is 22.0 Å². The minimum atomic E-state index is -0.674. The fraction of sp³-hybridized carbons (Fsp3) is 0.125. The van der Waals surface area contributed by atoms with Crippen LogP contribution in [0.25, 0.3) is 0 Å². The molecule has 1 aliphatic heterocycles. The number of para-hydroxylation sites is 2. The number of hydrogen-bond acceptors (Lipinski definition) is 6. The van der Waals surface area contributed by atoms with Gasteiger partial charge in [0, 0.05) is 18.6 Å². The maximum atomic E-state index is 13.3. The minimum Gasteiger partial charge on any atom is -0.326 e. The fourth-order valence-corrected chi connectivity index (χ4v) is 4.48. The standard InChI is InChI=1S/C24H20N4O4S/c1-16-12-13-19(28(31)32)14-20(16)26-22(29)15-21-23(30)27(18-10-6-3-7-11-18)24(33-21)25-17-8-4-2-5-9-17/h2-14,21H,15H2,1H3,(H,26,29)/t21-/m1/s1. The molecular formula is C24H20N4O4S. The van der Waals surface area contributed by atoms with Crippen molar-refractivity contribution in [3.8, 4) is 0 Å². The Kier molecular flexibility index (Phi) is 6.50. The lowest BCUT2D eigenvalue weighted by Gasteiger charge is -2.16. The summed E-state index contributed by atoms with van der Waals surface area (Å²) in [5, 5.41) is 13.6. The second-order valence-corrected chi connectivity index (χ2v) is 8.52. The summed E-state index contributed by atoms with van der Waals surface area (Å²) in [5.74, 6) is -0.648. The molecular weight excluding hydrogens is 440 g/mol. The van der Waals surface area contributed by atoms with Crippen LogP contribution in [-0.4, -0.2) is 27.2 Å². The van der Waals surface area contributed by atoms with E-state index in [-0.39, 0.29) is 18.0 Å². The van der Waals surface area contributed by atoms with Crippen LogP contribution in [-0.2, 0) is 9.59 Å². The first-order valence-corrected chi connectivity index (χ1v) is 11.0. The molecule has 0 bridgehead atoms. The van der Waals surface area contributed by atoms with E-state index in [1.807, 2.05) is 60.7 Å². The summed E-state index contributed by atoms with van der Waals surface area (Å²) in [7, 11) is 0. The molecule has 3 aromatic carbocycles. The van der Waals surface area contributed by atoms with Crippen molar-refractivity contribution in [2.75, 3.05) is 10.2 Å². The van der Waals surface area contributed by atoms with Crippen molar-refractivity contribution in [2.24, 2.45) is 4.99 Å². The van der Waals surface area contributed by atoms with Gasteiger partial charge in [-0.2, -0.15) is 0 Å². The Bertz CT molecular complexity index is 1230. The molecule has 1 atom stereocenters. The Hall–Kier alpha value is -3.98. The number of carbonyl (C=O) groups is 2. The van der Waals surface area contributed by atoms with Crippen LogP contribution in [0, 0.1) is 17.0 Å². The van der Waals surface area contributed by atoms with E-state index in [0.29, 0.717) is 27.8 Å². The lowest BCUT2D eigenvalue weighted by atomic mass is 10.1. The van der Waals surface area contributed by atoms with Gasteiger partial charge in [-0.1, -0.05) is 54.2 Å². The Balaban J connectivity index is 1.56. The van der Waals surface area contributed by atoms with Gasteiger partial charge >= 0.3 is 0 Å². The number of nitro benzene ring substituents is 1. The number of benzene rings is 3. The highest BCUT2D eigenvalue weighted by Gasteiger charge is 2.40. The molecule has 1 aliphatic rings. The maximum Gasteiger partial charge on any atom is 0.271 e. The van der Waals surface area contributed by atoms with E-state index in [9.17, 15) is 19.7 Å². The third-order valence-electron chi connectivity index (χ3n) is 5.01. The highest BCUT2D eigenvalue weighted by atomic mass is 32.2. The molecule has 4 rings (SSSR count). The third kappa shape index (κ3) is 5.09. The minimum absolute atomic E-state index is 0.0945. The van der Waals surface area contributed by atoms with Crippen LogP contribution in [0.5, 0.6) is 0 Å². The zero-order chi connectivity index (χ0) is 23.4. The van der Waals surface area contributed by atoms with E-state index in [2.05, 4.69) is 10.3 Å². The number of amides is 2. The molecule has 0 spiro atoms. The van der Waals surface area contributed by atoms with Crippen LogP contribution < -0.4 is 10.2 Å². The quantitative estimate of drug-likeness (QED) is 0.409. The van der Waals surface area contributed by atoms with E-state index < -0.39 is 16.1 Å². The van der Waals surface area contributed by atoms with Crippen LogP contribution in [0.2, 0.25) is 0 Å². The van der Waals surface area contributed by atoms with Gasteiger partial charge in [-0.15, -0.1) is 0 Å². The molecule has 1 N–H and O–H groups in total. The van der Waals surface area contributed by atoms with Gasteiger partial charge in [-0.25, -0.2) is 4.99 Å². The number of non-ortho nitro benzene ring substituents is 1. The molecule has 0 unspecified atom stereocenters. The zero-order valence-corrected chi connectivity index (χ0v) is 18.5. The van der Waals surface area contributed by atoms with Crippen molar-refractivity contribution in [2.45, 2.75) is 18.6 Å². The van der Waals surface area contributed by atoms with Crippen molar-refractivity contribution >= 4 is 51.5 Å². The second-order valence-electron chi connectivity index (χ2n) is 7.35. The highest BCUT2D eigenvalue weighted by molar-refractivity contribution is 8.16. The zero-order valence-electron chi connectivity index (χ0n) is 17.7. The van der Waals surface area contributed by atoms with Crippen molar-refractivity contribution in [1.82, 2.24) is 0 Å². The van der Waals surface area contributed by atoms with Crippen molar-refractivity contribution in [1.29, 1.82) is 0 Å². The number of hydrogen-bond donors (Lipinski definition) is 1. The number of nitrogens with one attached hydrogen (secondary N) is 1. The Morgan fingerprint density at radius 2 is 1.76 bits per heavy atom. The van der Waals surface area contributed by atoms with Crippen LogP contribution in [0.1, 0.15) is 12.0 Å². The smallest absolute Gasteiger partial charge is 0.271 e. The van der Waals surface area contributed by atoms with Crippen molar-refractivity contribution < 1.29 is 14.5 Å². The average Bonchev–Trinajstić information content (AvgIpc) is 3.10. The number of aryl methyl sites for hydroxylation is 1. The largest absolute Gasteiger partial charge is 0.326 e. The molecule has 1 fully saturated rings. The summed E-state index contributed by atoms with van der Waals surface area (Å²) >= 11 is 1.22. The van der Waals surface area contributed by atoms with Gasteiger partial charge < -0.3 is 5.32 Å². The molecule has 166 valence electrons. The summed E-state index contributed by atoms with van der Waals surface area (Å²) in [6.45, 7) is 1.75. The Morgan fingerprint density at radius 1 is 1.09 bits per heavy atom. The predicted octanol–water partition coefficient (Wildman–Crippen LogP) is 5.07. The average molecular weight is 461 g/mol. The third-order valence-corrected chi connectivity index (χ3v) is 6.14. The first-order chi connectivity index (χ1) is 15.9. The lowest BCUT2D eigenvalue weighted by molar-refractivity contribution is -0.384. The molecule has 33 heavy (non-hydrogen) atoms. The van der Waals surface area contributed by atoms with E-state index in [4.69, 9.17) is 0 Å². The first-order valence-electron chi connectivity index (χ1n) is 10.2. The molecule has 2 amide bonds. The summed E-state index contributed by atoms with van der Waals surface area (Å²) < 4.78 is 0. The van der Waals surface area contributed by atoms with Crippen LogP contribution in [0.4, 0.5) is 22.7 Å². The van der Waals surface area contributed by atoms with Gasteiger partial charge in [-0.3, -0.25) is 24.6 Å².